The second-order valence-corrected chi connectivity index (χ2v) is 3.68. The first kappa shape index (κ1) is 9.90. The van der Waals surface area contributed by atoms with Crippen molar-refractivity contribution in [3.8, 4) is 0 Å². The van der Waals surface area contributed by atoms with Crippen LogP contribution in [0.2, 0.25) is 0 Å². The zero-order chi connectivity index (χ0) is 10.8. The average Bonchev–Trinajstić information content (AvgIpc) is 2.53. The Balaban J connectivity index is 2.30. The Morgan fingerprint density at radius 1 is 1.33 bits per heavy atom. The molecule has 0 aliphatic carbocycles. The van der Waals surface area contributed by atoms with Crippen molar-refractivity contribution in [3.05, 3.63) is 53.9 Å². The molecule has 1 aromatic carbocycles. The number of hydrogen-bond donors (Lipinski definition) is 0. The molecule has 0 aliphatic heterocycles. The van der Waals surface area contributed by atoms with Crippen LogP contribution in [0.1, 0.15) is 11.4 Å². The first-order valence-corrected chi connectivity index (χ1v) is 4.93. The van der Waals surface area contributed by atoms with E-state index in [1.54, 1.807) is 6.07 Å². The molecule has 78 valence electrons. The largest absolute Gasteiger partial charge is 0.253 e. The van der Waals surface area contributed by atoms with Crippen molar-refractivity contribution in [2.75, 3.05) is 0 Å². The summed E-state index contributed by atoms with van der Waals surface area (Å²) < 4.78 is 17.4. The van der Waals surface area contributed by atoms with Crippen molar-refractivity contribution >= 4 is 0 Å². The van der Waals surface area contributed by atoms with Gasteiger partial charge < -0.3 is 0 Å². The molecule has 1 aromatic heterocycles. The predicted octanol–water partition coefficient (Wildman–Crippen LogP) is 1.81. The lowest BCUT2D eigenvalue weighted by Gasteiger charge is -2.01. The summed E-state index contributed by atoms with van der Waals surface area (Å²) in [5.41, 5.74) is 0.719. The first-order valence-electron chi connectivity index (χ1n) is 4.93. The number of hydrogen-bond acceptors (Lipinski definition) is 0. The van der Waals surface area contributed by atoms with Crippen LogP contribution in [-0.4, -0.2) is 4.57 Å². The van der Waals surface area contributed by atoms with Gasteiger partial charge in [-0.1, -0.05) is 18.2 Å². The highest BCUT2D eigenvalue weighted by molar-refractivity contribution is 5.17. The van der Waals surface area contributed by atoms with Crippen LogP contribution in [0.5, 0.6) is 0 Å². The Hall–Kier alpha value is -1.64. The second kappa shape index (κ2) is 3.85. The molecule has 0 unspecified atom stereocenters. The maximum absolute atomic E-state index is 13.4. The molecule has 0 spiro atoms. The summed E-state index contributed by atoms with van der Waals surface area (Å²) in [5.74, 6) is 0.964. The summed E-state index contributed by atoms with van der Waals surface area (Å²) in [6.07, 6.45) is 3.93. The average molecular weight is 205 g/mol. The Morgan fingerprint density at radius 3 is 2.67 bits per heavy atom. The fourth-order valence-corrected chi connectivity index (χ4v) is 1.58. The van der Waals surface area contributed by atoms with Gasteiger partial charge in [-0.15, -0.1) is 0 Å². The van der Waals surface area contributed by atoms with E-state index in [1.807, 2.05) is 47.6 Å². The van der Waals surface area contributed by atoms with E-state index in [-0.39, 0.29) is 5.82 Å². The normalized spacial score (nSPS) is 10.6. The third-order valence-electron chi connectivity index (χ3n) is 2.69. The Kier molecular flexibility index (Phi) is 2.54. The van der Waals surface area contributed by atoms with Crippen LogP contribution in [0, 0.1) is 12.7 Å². The third kappa shape index (κ3) is 1.91. The van der Waals surface area contributed by atoms with Gasteiger partial charge in [-0.2, -0.15) is 0 Å². The van der Waals surface area contributed by atoms with Crippen LogP contribution < -0.4 is 4.57 Å². The van der Waals surface area contributed by atoms with Gasteiger partial charge in [0.15, 0.2) is 0 Å². The molecule has 0 aliphatic rings. The van der Waals surface area contributed by atoms with Gasteiger partial charge in [0.25, 0.3) is 5.82 Å². The van der Waals surface area contributed by atoms with Crippen molar-refractivity contribution in [1.29, 1.82) is 0 Å². The van der Waals surface area contributed by atoms with Crippen molar-refractivity contribution in [2.24, 2.45) is 7.05 Å². The molecule has 0 N–H and O–H groups in total. The lowest BCUT2D eigenvalue weighted by atomic mass is 10.2. The minimum absolute atomic E-state index is 0.145. The SMILES string of the molecule is Cc1n(Cc2ccccc2F)cc[n+]1C. The molecule has 0 fully saturated rings. The lowest BCUT2D eigenvalue weighted by Crippen LogP contribution is -2.29. The van der Waals surface area contributed by atoms with E-state index >= 15 is 0 Å². The van der Waals surface area contributed by atoms with Gasteiger partial charge in [0, 0.05) is 12.5 Å². The maximum Gasteiger partial charge on any atom is 0.253 e. The molecular formula is C12H14FN2+. The van der Waals surface area contributed by atoms with Crippen LogP contribution in [-0.2, 0) is 13.6 Å². The van der Waals surface area contributed by atoms with Gasteiger partial charge in [-0.3, -0.25) is 0 Å². The molecule has 0 radical (unpaired) electrons. The summed E-state index contributed by atoms with van der Waals surface area (Å²) in [6.45, 7) is 2.60. The van der Waals surface area contributed by atoms with Gasteiger partial charge in [0.2, 0.25) is 0 Å². The summed E-state index contributed by atoms with van der Waals surface area (Å²) in [7, 11) is 1.98. The van der Waals surface area contributed by atoms with Crippen LogP contribution in [0.4, 0.5) is 4.39 Å². The van der Waals surface area contributed by atoms with E-state index in [9.17, 15) is 4.39 Å². The number of aromatic nitrogens is 2. The van der Waals surface area contributed by atoms with Crippen LogP contribution >= 0.6 is 0 Å². The number of aryl methyl sites for hydroxylation is 1. The van der Waals surface area contributed by atoms with Gasteiger partial charge in [0.05, 0.1) is 7.05 Å². The van der Waals surface area contributed by atoms with E-state index in [4.69, 9.17) is 0 Å². The van der Waals surface area contributed by atoms with Crippen LogP contribution in [0.25, 0.3) is 0 Å². The minimum atomic E-state index is -0.145. The predicted molar refractivity (Wildman–Crippen MR) is 55.8 cm³/mol. The second-order valence-electron chi connectivity index (χ2n) is 3.68. The Bertz CT molecular complexity index is 474. The van der Waals surface area contributed by atoms with E-state index < -0.39 is 0 Å². The molecule has 3 heteroatoms. The lowest BCUT2D eigenvalue weighted by molar-refractivity contribution is -0.677. The summed E-state index contributed by atoms with van der Waals surface area (Å²) in [4.78, 5) is 0. The van der Waals surface area contributed by atoms with Gasteiger partial charge >= 0.3 is 0 Å². The summed E-state index contributed by atoms with van der Waals surface area (Å²) >= 11 is 0. The molecule has 2 rings (SSSR count). The molecule has 2 aromatic rings. The highest BCUT2D eigenvalue weighted by Gasteiger charge is 2.11. The number of nitrogens with zero attached hydrogens (tertiary/aromatic N) is 2. The van der Waals surface area contributed by atoms with E-state index in [0.717, 1.165) is 11.4 Å². The van der Waals surface area contributed by atoms with Crippen molar-refractivity contribution in [1.82, 2.24) is 4.57 Å². The minimum Gasteiger partial charge on any atom is -0.237 e. The van der Waals surface area contributed by atoms with Crippen LogP contribution in [0.15, 0.2) is 36.7 Å². The molecule has 15 heavy (non-hydrogen) atoms. The number of imidazole rings is 1. The van der Waals surface area contributed by atoms with Gasteiger partial charge in [-0.25, -0.2) is 13.5 Å². The number of rotatable bonds is 2. The first-order chi connectivity index (χ1) is 7.18. The molecule has 0 saturated heterocycles. The molecular weight excluding hydrogens is 191 g/mol. The van der Waals surface area contributed by atoms with E-state index in [2.05, 4.69) is 0 Å². The highest BCUT2D eigenvalue weighted by Crippen LogP contribution is 2.08. The molecule has 1 heterocycles. The third-order valence-corrected chi connectivity index (χ3v) is 2.69. The monoisotopic (exact) mass is 205 g/mol. The molecule has 0 saturated carbocycles. The van der Waals surface area contributed by atoms with E-state index in [0.29, 0.717) is 6.54 Å². The maximum atomic E-state index is 13.4. The van der Waals surface area contributed by atoms with Crippen LogP contribution in [0.3, 0.4) is 0 Å². The Labute approximate surface area is 88.6 Å². The fraction of sp³-hybridized carbons (Fsp3) is 0.250. The fourth-order valence-electron chi connectivity index (χ4n) is 1.58. The Morgan fingerprint density at radius 2 is 2.07 bits per heavy atom. The molecule has 0 amide bonds. The quantitative estimate of drug-likeness (QED) is 0.661. The summed E-state index contributed by atoms with van der Waals surface area (Å²) in [6, 6.07) is 6.88. The zero-order valence-corrected chi connectivity index (χ0v) is 8.94. The van der Waals surface area contributed by atoms with Crippen molar-refractivity contribution in [2.45, 2.75) is 13.5 Å². The van der Waals surface area contributed by atoms with Gasteiger partial charge in [0.1, 0.15) is 24.8 Å². The number of halogens is 1. The molecule has 0 bridgehead atoms. The topological polar surface area (TPSA) is 8.81 Å². The molecule has 0 atom stereocenters. The highest BCUT2D eigenvalue weighted by atomic mass is 19.1. The summed E-state index contributed by atoms with van der Waals surface area (Å²) in [5, 5.41) is 0. The van der Waals surface area contributed by atoms with Crippen molar-refractivity contribution < 1.29 is 8.96 Å². The smallest absolute Gasteiger partial charge is 0.237 e. The van der Waals surface area contributed by atoms with Gasteiger partial charge in [-0.05, 0) is 6.07 Å². The molecule has 2 nitrogen and oxygen atoms in total. The van der Waals surface area contributed by atoms with Crippen molar-refractivity contribution in [3.63, 3.8) is 0 Å². The standard InChI is InChI=1S/C12H14FN2/c1-10-14(2)7-8-15(10)9-11-5-3-4-6-12(11)13/h3-8H,9H2,1-2H3/q+1. The zero-order valence-electron chi connectivity index (χ0n) is 8.94. The number of benzene rings is 1. The van der Waals surface area contributed by atoms with E-state index in [1.165, 1.54) is 6.07 Å².